The summed E-state index contributed by atoms with van der Waals surface area (Å²) in [6.07, 6.45) is 5.36. The zero-order valence-electron chi connectivity index (χ0n) is 15.0. The molecule has 1 amide bonds. The van der Waals surface area contributed by atoms with Gasteiger partial charge in [0.2, 0.25) is 5.91 Å². The summed E-state index contributed by atoms with van der Waals surface area (Å²) < 4.78 is 27.8. The number of nitrogens with zero attached hydrogens (tertiary/aromatic N) is 2. The normalized spacial score (nSPS) is 32.5. The third-order valence-corrected chi connectivity index (χ3v) is 6.48. The lowest BCUT2D eigenvalue weighted by Crippen LogP contribution is -2.50. The molecule has 4 rings (SSSR count). The van der Waals surface area contributed by atoms with Crippen LogP contribution in [0.15, 0.2) is 18.2 Å². The van der Waals surface area contributed by atoms with Crippen LogP contribution in [0.1, 0.15) is 44.9 Å². The Hall–Kier alpha value is -1.69. The van der Waals surface area contributed by atoms with E-state index in [-0.39, 0.29) is 23.7 Å². The fourth-order valence-electron chi connectivity index (χ4n) is 5.01. The van der Waals surface area contributed by atoms with Crippen LogP contribution in [0.3, 0.4) is 0 Å². The Kier molecular flexibility index (Phi) is 4.63. The van der Waals surface area contributed by atoms with Crippen LogP contribution in [0.2, 0.25) is 0 Å². The highest BCUT2D eigenvalue weighted by Crippen LogP contribution is 2.43. The maximum atomic E-state index is 14.2. The number of hydrogen-bond acceptors (Lipinski definition) is 3. The average Bonchev–Trinajstić information content (AvgIpc) is 2.94. The van der Waals surface area contributed by atoms with Crippen molar-refractivity contribution in [2.24, 2.45) is 5.41 Å². The molecule has 0 bridgehead atoms. The van der Waals surface area contributed by atoms with E-state index in [0.717, 1.165) is 63.6 Å². The number of anilines is 1. The van der Waals surface area contributed by atoms with E-state index in [1.165, 1.54) is 6.07 Å². The molecule has 1 aromatic carbocycles. The van der Waals surface area contributed by atoms with Crippen molar-refractivity contribution >= 4 is 11.6 Å². The van der Waals surface area contributed by atoms with Gasteiger partial charge < -0.3 is 14.9 Å². The number of likely N-dealkylation sites (tertiary alicyclic amines) is 1. The zero-order chi connectivity index (χ0) is 18.3. The van der Waals surface area contributed by atoms with Gasteiger partial charge in [-0.1, -0.05) is 0 Å². The standard InChI is InChI=1S/C20H26F2N2O2/c21-14-2-7-17(22)18(12-14)23-10-1-8-20(13-23)9-11-24(19(20)26)15-3-5-16(25)6-4-15/h2,7,12,15-16,25H,1,3-6,8-11,13H2/t15-,16-,20-/m0/s1. The van der Waals surface area contributed by atoms with Crippen molar-refractivity contribution in [3.8, 4) is 0 Å². The molecular formula is C20H26F2N2O2. The predicted octanol–water partition coefficient (Wildman–Crippen LogP) is 3.09. The molecule has 1 aromatic rings. The third-order valence-electron chi connectivity index (χ3n) is 6.48. The fraction of sp³-hybridized carbons (Fsp3) is 0.650. The van der Waals surface area contributed by atoms with Crippen LogP contribution < -0.4 is 4.90 Å². The van der Waals surface area contributed by atoms with E-state index in [2.05, 4.69) is 0 Å². The first-order chi connectivity index (χ1) is 12.5. The van der Waals surface area contributed by atoms with Crippen LogP contribution in [0, 0.1) is 17.0 Å². The number of piperidine rings is 1. The molecule has 4 nitrogen and oxygen atoms in total. The molecular weight excluding hydrogens is 338 g/mol. The van der Waals surface area contributed by atoms with E-state index < -0.39 is 17.0 Å². The van der Waals surface area contributed by atoms with Crippen molar-refractivity contribution in [3.05, 3.63) is 29.8 Å². The fourth-order valence-corrected chi connectivity index (χ4v) is 5.01. The number of benzene rings is 1. The molecule has 0 radical (unpaired) electrons. The topological polar surface area (TPSA) is 43.8 Å². The molecule has 3 aliphatic rings. The SMILES string of the molecule is O=C1N([C@H]2CC[C@H](O)CC2)CC[C@]12CCCN(c1cc(F)ccc1F)C2. The zero-order valence-corrected chi connectivity index (χ0v) is 15.0. The smallest absolute Gasteiger partial charge is 0.230 e. The van der Waals surface area contributed by atoms with E-state index in [9.17, 15) is 18.7 Å². The highest BCUT2D eigenvalue weighted by atomic mass is 19.1. The van der Waals surface area contributed by atoms with Gasteiger partial charge in [0.15, 0.2) is 0 Å². The molecule has 1 spiro atoms. The molecule has 3 fully saturated rings. The molecule has 1 N–H and O–H groups in total. The van der Waals surface area contributed by atoms with Crippen LogP contribution in [0.4, 0.5) is 14.5 Å². The van der Waals surface area contributed by atoms with Crippen molar-refractivity contribution in [1.29, 1.82) is 0 Å². The third kappa shape index (κ3) is 3.08. The molecule has 0 unspecified atom stereocenters. The van der Waals surface area contributed by atoms with Crippen LogP contribution in [0.5, 0.6) is 0 Å². The lowest BCUT2D eigenvalue weighted by molar-refractivity contribution is -0.139. The number of hydrogen-bond donors (Lipinski definition) is 1. The van der Waals surface area contributed by atoms with Gasteiger partial charge in [-0.3, -0.25) is 4.79 Å². The number of carbonyl (C=O) groups excluding carboxylic acids is 1. The number of halogens is 2. The molecule has 2 aliphatic heterocycles. The van der Waals surface area contributed by atoms with Gasteiger partial charge in [-0.15, -0.1) is 0 Å². The minimum absolute atomic E-state index is 0.167. The average molecular weight is 364 g/mol. The summed E-state index contributed by atoms with van der Waals surface area (Å²) in [7, 11) is 0. The Bertz CT molecular complexity index is 690. The van der Waals surface area contributed by atoms with Crippen molar-refractivity contribution in [2.75, 3.05) is 24.5 Å². The number of aliphatic hydroxyl groups excluding tert-OH is 1. The van der Waals surface area contributed by atoms with Gasteiger partial charge in [0.25, 0.3) is 0 Å². The second kappa shape index (κ2) is 6.80. The van der Waals surface area contributed by atoms with E-state index >= 15 is 0 Å². The first kappa shape index (κ1) is 17.7. The minimum Gasteiger partial charge on any atom is -0.393 e. The Morgan fingerprint density at radius 3 is 2.62 bits per heavy atom. The first-order valence-electron chi connectivity index (χ1n) is 9.68. The van der Waals surface area contributed by atoms with Crippen molar-refractivity contribution in [1.82, 2.24) is 4.90 Å². The highest BCUT2D eigenvalue weighted by Gasteiger charge is 2.50. The maximum absolute atomic E-state index is 14.2. The Morgan fingerprint density at radius 2 is 1.85 bits per heavy atom. The van der Waals surface area contributed by atoms with E-state index in [0.29, 0.717) is 13.1 Å². The van der Waals surface area contributed by atoms with Crippen molar-refractivity contribution in [2.45, 2.75) is 57.1 Å². The molecule has 2 heterocycles. The highest BCUT2D eigenvalue weighted by molar-refractivity contribution is 5.86. The van der Waals surface area contributed by atoms with Gasteiger partial charge in [-0.25, -0.2) is 8.78 Å². The second-order valence-electron chi connectivity index (χ2n) is 8.11. The molecule has 0 aromatic heterocycles. The van der Waals surface area contributed by atoms with Crippen LogP contribution in [0.25, 0.3) is 0 Å². The summed E-state index contributed by atoms with van der Waals surface area (Å²) in [6, 6.07) is 3.72. The summed E-state index contributed by atoms with van der Waals surface area (Å²) >= 11 is 0. The second-order valence-corrected chi connectivity index (χ2v) is 8.11. The Balaban J connectivity index is 1.51. The lowest BCUT2D eigenvalue weighted by Gasteiger charge is -2.41. The number of amides is 1. The summed E-state index contributed by atoms with van der Waals surface area (Å²) in [6.45, 7) is 1.84. The Morgan fingerprint density at radius 1 is 1.08 bits per heavy atom. The monoisotopic (exact) mass is 364 g/mol. The van der Waals surface area contributed by atoms with Crippen LogP contribution in [-0.2, 0) is 4.79 Å². The lowest BCUT2D eigenvalue weighted by atomic mass is 9.78. The molecule has 26 heavy (non-hydrogen) atoms. The number of aliphatic hydroxyl groups is 1. The predicted molar refractivity (Wildman–Crippen MR) is 94.8 cm³/mol. The van der Waals surface area contributed by atoms with Crippen molar-refractivity contribution < 1.29 is 18.7 Å². The first-order valence-corrected chi connectivity index (χ1v) is 9.68. The summed E-state index contributed by atoms with van der Waals surface area (Å²) in [5.74, 6) is -0.728. The van der Waals surface area contributed by atoms with Crippen LogP contribution in [-0.4, -0.2) is 47.7 Å². The minimum atomic E-state index is -0.479. The largest absolute Gasteiger partial charge is 0.393 e. The number of carbonyl (C=O) groups is 1. The molecule has 1 saturated carbocycles. The molecule has 1 atom stereocenters. The number of rotatable bonds is 2. The van der Waals surface area contributed by atoms with Gasteiger partial charge in [0.1, 0.15) is 11.6 Å². The van der Waals surface area contributed by atoms with Gasteiger partial charge in [-0.2, -0.15) is 0 Å². The van der Waals surface area contributed by atoms with Gasteiger partial charge in [-0.05, 0) is 57.1 Å². The van der Waals surface area contributed by atoms with Crippen molar-refractivity contribution in [3.63, 3.8) is 0 Å². The molecule has 1 aliphatic carbocycles. The van der Waals surface area contributed by atoms with Gasteiger partial charge in [0, 0.05) is 31.7 Å². The van der Waals surface area contributed by atoms with Gasteiger partial charge >= 0.3 is 0 Å². The van der Waals surface area contributed by atoms with E-state index in [1.54, 1.807) is 0 Å². The quantitative estimate of drug-likeness (QED) is 0.877. The summed E-state index contributed by atoms with van der Waals surface area (Å²) in [5, 5.41) is 9.71. The Labute approximate surface area is 152 Å². The van der Waals surface area contributed by atoms with Gasteiger partial charge in [0.05, 0.1) is 17.2 Å². The molecule has 6 heteroatoms. The van der Waals surface area contributed by atoms with Crippen LogP contribution >= 0.6 is 0 Å². The summed E-state index contributed by atoms with van der Waals surface area (Å²) in [5.41, 5.74) is -0.219. The van der Waals surface area contributed by atoms with E-state index in [1.807, 2.05) is 9.80 Å². The molecule has 2 saturated heterocycles. The summed E-state index contributed by atoms with van der Waals surface area (Å²) in [4.78, 5) is 17.1. The maximum Gasteiger partial charge on any atom is 0.230 e. The van der Waals surface area contributed by atoms with E-state index in [4.69, 9.17) is 0 Å². The molecule has 142 valence electrons.